The van der Waals surface area contributed by atoms with Gasteiger partial charge in [0.1, 0.15) is 5.71 Å². The predicted molar refractivity (Wildman–Crippen MR) is 47.4 cm³/mol. The van der Waals surface area contributed by atoms with Crippen LogP contribution in [0.1, 0.15) is 19.5 Å². The Balaban J connectivity index is 2.97. The van der Waals surface area contributed by atoms with Crippen molar-refractivity contribution in [2.24, 2.45) is 11.1 Å². The largest absolute Gasteiger partial charge is 0.411 e. The molecule has 0 aliphatic carbocycles. The fourth-order valence-electron chi connectivity index (χ4n) is 0.977. The molecule has 1 heterocycles. The van der Waals surface area contributed by atoms with E-state index in [9.17, 15) is 0 Å². The van der Waals surface area contributed by atoms with E-state index in [2.05, 4.69) is 10.1 Å². The SMILES string of the molecule is CC(C)/C(=N/O)c1ccccn1. The molecule has 3 heteroatoms. The highest BCUT2D eigenvalue weighted by Gasteiger charge is 2.08. The smallest absolute Gasteiger partial charge is 0.108 e. The van der Waals surface area contributed by atoms with Crippen LogP contribution in [-0.4, -0.2) is 15.9 Å². The third-order valence-electron chi connectivity index (χ3n) is 1.58. The third-order valence-corrected chi connectivity index (χ3v) is 1.58. The molecule has 1 aromatic heterocycles. The first-order valence-corrected chi connectivity index (χ1v) is 3.89. The Hall–Kier alpha value is -1.38. The summed E-state index contributed by atoms with van der Waals surface area (Å²) in [7, 11) is 0. The second-order valence-electron chi connectivity index (χ2n) is 2.85. The minimum atomic E-state index is 0.185. The maximum absolute atomic E-state index is 8.70. The zero-order valence-corrected chi connectivity index (χ0v) is 7.23. The molecule has 0 amide bonds. The lowest BCUT2D eigenvalue weighted by Gasteiger charge is -2.05. The summed E-state index contributed by atoms with van der Waals surface area (Å²) in [5.41, 5.74) is 1.35. The van der Waals surface area contributed by atoms with Crippen LogP contribution in [0.25, 0.3) is 0 Å². The Morgan fingerprint density at radius 3 is 2.67 bits per heavy atom. The van der Waals surface area contributed by atoms with Crippen LogP contribution in [0.3, 0.4) is 0 Å². The van der Waals surface area contributed by atoms with E-state index in [-0.39, 0.29) is 5.92 Å². The molecule has 64 valence electrons. The van der Waals surface area contributed by atoms with Crippen molar-refractivity contribution >= 4 is 5.71 Å². The van der Waals surface area contributed by atoms with Crippen LogP contribution in [0.2, 0.25) is 0 Å². The maximum atomic E-state index is 8.70. The molecule has 0 spiro atoms. The van der Waals surface area contributed by atoms with Gasteiger partial charge in [-0.05, 0) is 12.1 Å². The summed E-state index contributed by atoms with van der Waals surface area (Å²) < 4.78 is 0. The Morgan fingerprint density at radius 2 is 2.25 bits per heavy atom. The van der Waals surface area contributed by atoms with Crippen LogP contribution in [-0.2, 0) is 0 Å². The molecule has 3 nitrogen and oxygen atoms in total. The molecular weight excluding hydrogens is 152 g/mol. The van der Waals surface area contributed by atoms with Gasteiger partial charge in [0.15, 0.2) is 0 Å². The molecule has 0 aliphatic heterocycles. The van der Waals surface area contributed by atoms with Crippen molar-refractivity contribution in [2.45, 2.75) is 13.8 Å². The van der Waals surface area contributed by atoms with Crippen molar-refractivity contribution in [1.29, 1.82) is 0 Å². The molecule has 0 saturated heterocycles. The fourth-order valence-corrected chi connectivity index (χ4v) is 0.977. The average molecular weight is 164 g/mol. The summed E-state index contributed by atoms with van der Waals surface area (Å²) in [5.74, 6) is 0.185. The van der Waals surface area contributed by atoms with Gasteiger partial charge in [0.25, 0.3) is 0 Å². The Kier molecular flexibility index (Phi) is 2.80. The van der Waals surface area contributed by atoms with Gasteiger partial charge in [-0.15, -0.1) is 0 Å². The zero-order chi connectivity index (χ0) is 8.97. The van der Waals surface area contributed by atoms with Crippen LogP contribution < -0.4 is 0 Å². The summed E-state index contributed by atoms with van der Waals surface area (Å²) in [4.78, 5) is 4.08. The highest BCUT2D eigenvalue weighted by molar-refractivity contribution is 5.99. The molecular formula is C9H12N2O. The Bertz CT molecular complexity index is 267. The second-order valence-corrected chi connectivity index (χ2v) is 2.85. The Morgan fingerprint density at radius 1 is 1.50 bits per heavy atom. The predicted octanol–water partition coefficient (Wildman–Crippen LogP) is 1.92. The molecule has 0 unspecified atom stereocenters. The van der Waals surface area contributed by atoms with Gasteiger partial charge in [0, 0.05) is 12.1 Å². The van der Waals surface area contributed by atoms with E-state index < -0.39 is 0 Å². The molecule has 0 atom stereocenters. The highest BCUT2D eigenvalue weighted by atomic mass is 16.4. The van der Waals surface area contributed by atoms with Crippen molar-refractivity contribution < 1.29 is 5.21 Å². The van der Waals surface area contributed by atoms with Gasteiger partial charge in [0.05, 0.1) is 5.69 Å². The van der Waals surface area contributed by atoms with Crippen molar-refractivity contribution in [2.75, 3.05) is 0 Å². The van der Waals surface area contributed by atoms with Crippen LogP contribution in [0.5, 0.6) is 0 Å². The van der Waals surface area contributed by atoms with E-state index in [1.54, 1.807) is 6.20 Å². The molecule has 1 rings (SSSR count). The topological polar surface area (TPSA) is 45.5 Å². The zero-order valence-electron chi connectivity index (χ0n) is 7.23. The van der Waals surface area contributed by atoms with E-state index in [1.165, 1.54) is 0 Å². The van der Waals surface area contributed by atoms with Gasteiger partial charge in [-0.25, -0.2) is 0 Å². The van der Waals surface area contributed by atoms with Gasteiger partial charge in [-0.3, -0.25) is 4.98 Å². The number of hydrogen-bond donors (Lipinski definition) is 1. The highest BCUT2D eigenvalue weighted by Crippen LogP contribution is 2.05. The van der Waals surface area contributed by atoms with Gasteiger partial charge < -0.3 is 5.21 Å². The molecule has 12 heavy (non-hydrogen) atoms. The first kappa shape index (κ1) is 8.71. The number of hydrogen-bond acceptors (Lipinski definition) is 3. The monoisotopic (exact) mass is 164 g/mol. The standard InChI is InChI=1S/C9H12N2O/c1-7(2)9(11-12)8-5-3-4-6-10-8/h3-7,12H,1-2H3/b11-9-. The lowest BCUT2D eigenvalue weighted by Crippen LogP contribution is -2.10. The van der Waals surface area contributed by atoms with E-state index in [0.29, 0.717) is 5.71 Å². The molecule has 0 aromatic carbocycles. The molecule has 0 saturated carbocycles. The number of oxime groups is 1. The lowest BCUT2D eigenvalue weighted by atomic mass is 10.1. The Labute approximate surface area is 71.8 Å². The number of aromatic nitrogens is 1. The van der Waals surface area contributed by atoms with E-state index in [4.69, 9.17) is 5.21 Å². The number of pyridine rings is 1. The van der Waals surface area contributed by atoms with Gasteiger partial charge in [-0.2, -0.15) is 0 Å². The summed E-state index contributed by atoms with van der Waals surface area (Å²) in [6.45, 7) is 3.92. The third kappa shape index (κ3) is 1.81. The summed E-state index contributed by atoms with van der Waals surface area (Å²) in [6, 6.07) is 5.53. The summed E-state index contributed by atoms with van der Waals surface area (Å²) >= 11 is 0. The van der Waals surface area contributed by atoms with E-state index in [1.807, 2.05) is 32.0 Å². The van der Waals surface area contributed by atoms with E-state index >= 15 is 0 Å². The van der Waals surface area contributed by atoms with Crippen LogP contribution in [0.15, 0.2) is 29.6 Å². The maximum Gasteiger partial charge on any atom is 0.108 e. The lowest BCUT2D eigenvalue weighted by molar-refractivity contribution is 0.316. The van der Waals surface area contributed by atoms with E-state index in [0.717, 1.165) is 5.69 Å². The van der Waals surface area contributed by atoms with Crippen molar-refractivity contribution in [3.63, 3.8) is 0 Å². The molecule has 1 aromatic rings. The van der Waals surface area contributed by atoms with Gasteiger partial charge in [0.2, 0.25) is 0 Å². The van der Waals surface area contributed by atoms with Crippen molar-refractivity contribution in [3.8, 4) is 0 Å². The van der Waals surface area contributed by atoms with Crippen molar-refractivity contribution in [3.05, 3.63) is 30.1 Å². The minimum Gasteiger partial charge on any atom is -0.411 e. The van der Waals surface area contributed by atoms with Crippen LogP contribution in [0, 0.1) is 5.92 Å². The normalized spacial score (nSPS) is 12.1. The summed E-state index contributed by atoms with van der Waals surface area (Å²) in [5, 5.41) is 11.9. The first-order chi connectivity index (χ1) is 5.75. The number of nitrogens with zero attached hydrogens (tertiary/aromatic N) is 2. The van der Waals surface area contributed by atoms with Gasteiger partial charge in [-0.1, -0.05) is 25.1 Å². The summed E-state index contributed by atoms with van der Waals surface area (Å²) in [6.07, 6.45) is 1.68. The molecule has 0 bridgehead atoms. The number of rotatable bonds is 2. The minimum absolute atomic E-state index is 0.185. The van der Waals surface area contributed by atoms with Crippen LogP contribution in [0.4, 0.5) is 0 Å². The first-order valence-electron chi connectivity index (χ1n) is 3.89. The fraction of sp³-hybridized carbons (Fsp3) is 0.333. The van der Waals surface area contributed by atoms with Crippen molar-refractivity contribution in [1.82, 2.24) is 4.98 Å². The quantitative estimate of drug-likeness (QED) is 0.412. The second kappa shape index (κ2) is 3.85. The molecule has 0 fully saturated rings. The molecule has 1 N–H and O–H groups in total. The molecule has 0 radical (unpaired) electrons. The van der Waals surface area contributed by atoms with Crippen LogP contribution >= 0.6 is 0 Å². The molecule has 0 aliphatic rings. The van der Waals surface area contributed by atoms with Gasteiger partial charge >= 0.3 is 0 Å². The average Bonchev–Trinajstić information content (AvgIpc) is 2.07.